The van der Waals surface area contributed by atoms with Gasteiger partial charge in [0.05, 0.1) is 18.5 Å². The number of aryl methyl sites for hydroxylation is 2. The minimum absolute atomic E-state index is 0.464. The maximum atomic E-state index is 5.67. The molecule has 1 aromatic carbocycles. The lowest BCUT2D eigenvalue weighted by molar-refractivity contribution is 0.415. The van der Waals surface area contributed by atoms with Crippen LogP contribution in [-0.4, -0.2) is 17.3 Å². The third kappa shape index (κ3) is 1.99. The van der Waals surface area contributed by atoms with Gasteiger partial charge in [0.15, 0.2) is 0 Å². The van der Waals surface area contributed by atoms with Gasteiger partial charge in [-0.2, -0.15) is 5.10 Å². The zero-order chi connectivity index (χ0) is 13.3. The standard InChI is InChI=1S/C14H19N3O/c1-8-5-9(2)13(12(6-8)18-4)14-10(3)11(7-15)16-17-14/h5-6H,7,15H2,1-4H3,(H,16,17). The molecule has 1 aromatic heterocycles. The Morgan fingerprint density at radius 1 is 1.28 bits per heavy atom. The number of benzene rings is 1. The average Bonchev–Trinajstić information content (AvgIpc) is 2.69. The minimum Gasteiger partial charge on any atom is -0.496 e. The van der Waals surface area contributed by atoms with E-state index in [-0.39, 0.29) is 0 Å². The van der Waals surface area contributed by atoms with Crippen LogP contribution in [0.1, 0.15) is 22.4 Å². The number of nitrogens with one attached hydrogen (secondary N) is 1. The molecule has 2 aromatic rings. The highest BCUT2D eigenvalue weighted by Gasteiger charge is 2.16. The largest absolute Gasteiger partial charge is 0.496 e. The summed E-state index contributed by atoms with van der Waals surface area (Å²) >= 11 is 0. The van der Waals surface area contributed by atoms with Crippen molar-refractivity contribution in [2.24, 2.45) is 5.73 Å². The number of H-pyrrole nitrogens is 1. The molecule has 1 heterocycles. The van der Waals surface area contributed by atoms with Crippen LogP contribution < -0.4 is 10.5 Å². The van der Waals surface area contributed by atoms with Crippen molar-refractivity contribution in [1.82, 2.24) is 10.2 Å². The van der Waals surface area contributed by atoms with Gasteiger partial charge >= 0.3 is 0 Å². The molecule has 0 aliphatic carbocycles. The molecule has 3 N–H and O–H groups in total. The number of methoxy groups -OCH3 is 1. The lowest BCUT2D eigenvalue weighted by Crippen LogP contribution is -1.98. The number of nitrogens with zero attached hydrogens (tertiary/aromatic N) is 1. The molecular formula is C14H19N3O. The van der Waals surface area contributed by atoms with E-state index >= 15 is 0 Å². The highest BCUT2D eigenvalue weighted by Crippen LogP contribution is 2.35. The first-order valence-corrected chi connectivity index (χ1v) is 5.98. The molecule has 0 spiro atoms. The summed E-state index contributed by atoms with van der Waals surface area (Å²) in [5.41, 5.74) is 12.0. The Hall–Kier alpha value is -1.81. The Kier molecular flexibility index (Phi) is 3.39. The molecule has 0 aliphatic heterocycles. The van der Waals surface area contributed by atoms with E-state index in [4.69, 9.17) is 10.5 Å². The summed E-state index contributed by atoms with van der Waals surface area (Å²) in [4.78, 5) is 0. The molecule has 4 nitrogen and oxygen atoms in total. The van der Waals surface area contributed by atoms with Gasteiger partial charge in [0, 0.05) is 12.1 Å². The van der Waals surface area contributed by atoms with E-state index in [9.17, 15) is 0 Å². The van der Waals surface area contributed by atoms with Gasteiger partial charge < -0.3 is 10.5 Å². The molecule has 18 heavy (non-hydrogen) atoms. The first kappa shape index (κ1) is 12.6. The first-order chi connectivity index (χ1) is 8.58. The van der Waals surface area contributed by atoms with E-state index in [1.54, 1.807) is 7.11 Å². The first-order valence-electron chi connectivity index (χ1n) is 5.98. The molecule has 0 amide bonds. The predicted octanol–water partition coefficient (Wildman–Crippen LogP) is 2.47. The van der Waals surface area contributed by atoms with Gasteiger partial charge in [0.25, 0.3) is 0 Å². The lowest BCUT2D eigenvalue weighted by atomic mass is 9.99. The fourth-order valence-corrected chi connectivity index (χ4v) is 2.27. The highest BCUT2D eigenvalue weighted by atomic mass is 16.5. The molecule has 0 bridgehead atoms. The second kappa shape index (κ2) is 4.82. The molecular weight excluding hydrogens is 226 g/mol. The molecule has 0 aliphatic rings. The molecule has 4 heteroatoms. The lowest BCUT2D eigenvalue weighted by Gasteiger charge is -2.12. The Labute approximate surface area is 107 Å². The van der Waals surface area contributed by atoms with Crippen molar-refractivity contribution in [3.05, 3.63) is 34.5 Å². The van der Waals surface area contributed by atoms with Gasteiger partial charge in [0.1, 0.15) is 5.75 Å². The number of rotatable bonds is 3. The summed E-state index contributed by atoms with van der Waals surface area (Å²) in [6, 6.07) is 4.16. The van der Waals surface area contributed by atoms with Crippen molar-refractivity contribution in [3.8, 4) is 17.0 Å². The molecule has 2 rings (SSSR count). The van der Waals surface area contributed by atoms with Crippen LogP contribution in [-0.2, 0) is 6.54 Å². The molecule has 0 radical (unpaired) electrons. The second-order valence-corrected chi connectivity index (χ2v) is 4.54. The number of aromatic amines is 1. The second-order valence-electron chi connectivity index (χ2n) is 4.54. The maximum absolute atomic E-state index is 5.67. The van der Waals surface area contributed by atoms with E-state index in [2.05, 4.69) is 30.1 Å². The zero-order valence-corrected chi connectivity index (χ0v) is 11.3. The summed E-state index contributed by atoms with van der Waals surface area (Å²) in [6.07, 6.45) is 0. The van der Waals surface area contributed by atoms with E-state index < -0.39 is 0 Å². The fourth-order valence-electron chi connectivity index (χ4n) is 2.27. The van der Waals surface area contributed by atoms with E-state index in [1.807, 2.05) is 13.0 Å². The summed E-state index contributed by atoms with van der Waals surface area (Å²) in [5.74, 6) is 0.852. The molecule has 0 saturated heterocycles. The summed E-state index contributed by atoms with van der Waals surface area (Å²) in [5, 5.41) is 7.36. The number of nitrogens with two attached hydrogens (primary N) is 1. The van der Waals surface area contributed by atoms with E-state index in [1.165, 1.54) is 5.56 Å². The molecule has 0 saturated carbocycles. The quantitative estimate of drug-likeness (QED) is 0.873. The Balaban J connectivity index is 2.66. The summed E-state index contributed by atoms with van der Waals surface area (Å²) in [6.45, 7) is 6.62. The van der Waals surface area contributed by atoms with Crippen LogP contribution in [0, 0.1) is 20.8 Å². The number of ether oxygens (including phenoxy) is 1. The number of aromatic nitrogens is 2. The maximum Gasteiger partial charge on any atom is 0.128 e. The average molecular weight is 245 g/mol. The van der Waals surface area contributed by atoms with E-state index in [0.29, 0.717) is 6.54 Å². The summed E-state index contributed by atoms with van der Waals surface area (Å²) < 4.78 is 5.47. The van der Waals surface area contributed by atoms with Crippen molar-refractivity contribution < 1.29 is 4.74 Å². The van der Waals surface area contributed by atoms with Crippen LogP contribution in [0.4, 0.5) is 0 Å². The molecule has 0 fully saturated rings. The van der Waals surface area contributed by atoms with Crippen LogP contribution in [0.5, 0.6) is 5.75 Å². The van der Waals surface area contributed by atoms with Gasteiger partial charge in [-0.15, -0.1) is 0 Å². The van der Waals surface area contributed by atoms with E-state index in [0.717, 1.165) is 33.8 Å². The van der Waals surface area contributed by atoms with Crippen LogP contribution >= 0.6 is 0 Å². The smallest absolute Gasteiger partial charge is 0.128 e. The van der Waals surface area contributed by atoms with Crippen molar-refractivity contribution >= 4 is 0 Å². The van der Waals surface area contributed by atoms with Gasteiger partial charge in [-0.05, 0) is 43.5 Å². The molecule has 96 valence electrons. The fraction of sp³-hybridized carbons (Fsp3) is 0.357. The normalized spacial score (nSPS) is 10.7. The number of hydrogen-bond acceptors (Lipinski definition) is 3. The molecule has 0 atom stereocenters. The minimum atomic E-state index is 0.464. The van der Waals surface area contributed by atoms with Crippen molar-refractivity contribution in [1.29, 1.82) is 0 Å². The van der Waals surface area contributed by atoms with Crippen LogP contribution in [0.3, 0.4) is 0 Å². The van der Waals surface area contributed by atoms with Crippen molar-refractivity contribution in [3.63, 3.8) is 0 Å². The predicted molar refractivity (Wildman–Crippen MR) is 72.7 cm³/mol. The topological polar surface area (TPSA) is 63.9 Å². The molecule has 0 unspecified atom stereocenters. The van der Waals surface area contributed by atoms with Crippen LogP contribution in [0.2, 0.25) is 0 Å². The SMILES string of the molecule is COc1cc(C)cc(C)c1-c1n[nH]c(CN)c1C. The van der Waals surface area contributed by atoms with Gasteiger partial charge in [-0.1, -0.05) is 6.07 Å². The van der Waals surface area contributed by atoms with Gasteiger partial charge in [0.2, 0.25) is 0 Å². The van der Waals surface area contributed by atoms with Gasteiger partial charge in [-0.25, -0.2) is 0 Å². The highest BCUT2D eigenvalue weighted by molar-refractivity contribution is 5.74. The van der Waals surface area contributed by atoms with Crippen molar-refractivity contribution in [2.75, 3.05) is 7.11 Å². The third-order valence-corrected chi connectivity index (χ3v) is 3.22. The van der Waals surface area contributed by atoms with Crippen LogP contribution in [0.25, 0.3) is 11.3 Å². The Morgan fingerprint density at radius 2 is 2.00 bits per heavy atom. The van der Waals surface area contributed by atoms with Crippen LogP contribution in [0.15, 0.2) is 12.1 Å². The Morgan fingerprint density at radius 3 is 2.56 bits per heavy atom. The zero-order valence-electron chi connectivity index (χ0n) is 11.3. The number of hydrogen-bond donors (Lipinski definition) is 2. The van der Waals surface area contributed by atoms with Crippen molar-refractivity contribution in [2.45, 2.75) is 27.3 Å². The van der Waals surface area contributed by atoms with Gasteiger partial charge in [-0.3, -0.25) is 5.10 Å². The summed E-state index contributed by atoms with van der Waals surface area (Å²) in [7, 11) is 1.68. The monoisotopic (exact) mass is 245 g/mol. The Bertz CT molecular complexity index is 573. The third-order valence-electron chi connectivity index (χ3n) is 3.22.